The molecule has 0 aliphatic carbocycles. The molecule has 2 aromatic rings. The van der Waals surface area contributed by atoms with E-state index in [0.29, 0.717) is 16.5 Å². The number of halogens is 2. The third-order valence-electron chi connectivity index (χ3n) is 3.76. The summed E-state index contributed by atoms with van der Waals surface area (Å²) in [6, 6.07) is 7.15. The molecule has 0 spiro atoms. The number of carbonyl (C=O) groups excluding carboxylic acids is 1. The second-order valence-corrected chi connectivity index (χ2v) is 5.82. The minimum absolute atomic E-state index is 0.0903. The minimum Gasteiger partial charge on any atom is -0.493 e. The Morgan fingerprint density at radius 3 is 2.42 bits per heavy atom. The van der Waals surface area contributed by atoms with Gasteiger partial charge in [-0.3, -0.25) is 4.79 Å². The van der Waals surface area contributed by atoms with E-state index < -0.39 is 11.7 Å². The van der Waals surface area contributed by atoms with E-state index in [9.17, 15) is 9.18 Å². The smallest absolute Gasteiger partial charge is 0.254 e. The highest BCUT2D eigenvalue weighted by Gasteiger charge is 2.18. The first-order valence-corrected chi connectivity index (χ1v) is 7.73. The number of benzene rings is 2. The molecular formula is C18H19ClFNO3. The number of hydrogen-bond acceptors (Lipinski definition) is 3. The molecule has 0 aliphatic heterocycles. The number of carbonyl (C=O) groups is 1. The fourth-order valence-electron chi connectivity index (χ4n) is 2.49. The Labute approximate surface area is 145 Å². The molecule has 6 heteroatoms. The van der Waals surface area contributed by atoms with E-state index in [-0.39, 0.29) is 11.6 Å². The van der Waals surface area contributed by atoms with Crippen LogP contribution in [0.5, 0.6) is 11.5 Å². The van der Waals surface area contributed by atoms with Gasteiger partial charge in [-0.15, -0.1) is 0 Å². The van der Waals surface area contributed by atoms with Gasteiger partial charge in [0.25, 0.3) is 5.91 Å². The summed E-state index contributed by atoms with van der Waals surface area (Å²) in [4.78, 5) is 12.3. The van der Waals surface area contributed by atoms with Crippen molar-refractivity contribution >= 4 is 17.5 Å². The van der Waals surface area contributed by atoms with Gasteiger partial charge in [0.1, 0.15) is 5.82 Å². The first-order chi connectivity index (χ1) is 11.4. The fraction of sp³-hybridized carbons (Fsp3) is 0.278. The number of hydrogen-bond donors (Lipinski definition) is 1. The van der Waals surface area contributed by atoms with E-state index in [1.165, 1.54) is 18.2 Å². The van der Waals surface area contributed by atoms with Crippen molar-refractivity contribution in [1.82, 2.24) is 5.32 Å². The number of nitrogens with one attached hydrogen (secondary N) is 1. The normalized spacial score (nSPS) is 11.8. The second kappa shape index (κ2) is 7.53. The topological polar surface area (TPSA) is 47.6 Å². The van der Waals surface area contributed by atoms with Crippen LogP contribution in [0.4, 0.5) is 4.39 Å². The van der Waals surface area contributed by atoms with Gasteiger partial charge in [0.15, 0.2) is 11.5 Å². The molecule has 0 saturated carbocycles. The number of amides is 1. The van der Waals surface area contributed by atoms with Gasteiger partial charge in [-0.05, 0) is 55.3 Å². The molecular weight excluding hydrogens is 333 g/mol. The molecule has 0 saturated heterocycles. The molecule has 128 valence electrons. The highest BCUT2D eigenvalue weighted by atomic mass is 35.5. The average Bonchev–Trinajstić information content (AvgIpc) is 2.56. The molecule has 1 amide bonds. The predicted octanol–water partition coefficient (Wildman–Crippen LogP) is 4.30. The van der Waals surface area contributed by atoms with Crippen molar-refractivity contribution in [2.24, 2.45) is 0 Å². The average molecular weight is 352 g/mol. The maximum absolute atomic E-state index is 13.8. The lowest BCUT2D eigenvalue weighted by Gasteiger charge is -2.19. The van der Waals surface area contributed by atoms with Crippen LogP contribution >= 0.6 is 11.6 Å². The van der Waals surface area contributed by atoms with Crippen LogP contribution in [0.15, 0.2) is 30.3 Å². The third-order valence-corrected chi connectivity index (χ3v) is 3.99. The van der Waals surface area contributed by atoms with Crippen LogP contribution in [0.25, 0.3) is 0 Å². The van der Waals surface area contributed by atoms with Crippen molar-refractivity contribution in [1.29, 1.82) is 0 Å². The van der Waals surface area contributed by atoms with Gasteiger partial charge < -0.3 is 14.8 Å². The lowest BCUT2D eigenvalue weighted by atomic mass is 10.0. The molecule has 2 rings (SSSR count). The van der Waals surface area contributed by atoms with Crippen LogP contribution in [0.1, 0.15) is 34.5 Å². The summed E-state index contributed by atoms with van der Waals surface area (Å²) in [6.07, 6.45) is 0. The van der Waals surface area contributed by atoms with Crippen LogP contribution in [-0.2, 0) is 0 Å². The molecule has 0 fully saturated rings. The molecule has 0 radical (unpaired) electrons. The molecule has 1 N–H and O–H groups in total. The largest absolute Gasteiger partial charge is 0.493 e. The van der Waals surface area contributed by atoms with Gasteiger partial charge in [0, 0.05) is 5.02 Å². The highest BCUT2D eigenvalue weighted by molar-refractivity contribution is 6.31. The summed E-state index contributed by atoms with van der Waals surface area (Å²) >= 11 is 5.84. The summed E-state index contributed by atoms with van der Waals surface area (Å²) in [5.41, 5.74) is 1.68. The van der Waals surface area contributed by atoms with Crippen molar-refractivity contribution in [3.63, 3.8) is 0 Å². The SMILES string of the molecule is COc1cc(C)c([C@H](C)NC(=O)c2cc(Cl)ccc2F)cc1OC. The molecule has 0 heterocycles. The van der Waals surface area contributed by atoms with E-state index in [1.54, 1.807) is 20.3 Å². The van der Waals surface area contributed by atoms with E-state index in [0.717, 1.165) is 11.1 Å². The van der Waals surface area contributed by atoms with Crippen molar-refractivity contribution in [2.75, 3.05) is 14.2 Å². The quantitative estimate of drug-likeness (QED) is 0.873. The molecule has 0 unspecified atom stereocenters. The van der Waals surface area contributed by atoms with Crippen LogP contribution in [0.3, 0.4) is 0 Å². The molecule has 24 heavy (non-hydrogen) atoms. The Kier molecular flexibility index (Phi) is 5.67. The molecule has 0 aromatic heterocycles. The molecule has 2 aromatic carbocycles. The molecule has 0 bridgehead atoms. The number of aryl methyl sites for hydroxylation is 1. The lowest BCUT2D eigenvalue weighted by molar-refractivity contribution is 0.0935. The Morgan fingerprint density at radius 1 is 1.17 bits per heavy atom. The Balaban J connectivity index is 2.27. The van der Waals surface area contributed by atoms with Crippen molar-refractivity contribution in [3.8, 4) is 11.5 Å². The summed E-state index contributed by atoms with van der Waals surface area (Å²) in [6.45, 7) is 3.72. The number of ether oxygens (including phenoxy) is 2. The zero-order valence-electron chi connectivity index (χ0n) is 13.9. The zero-order chi connectivity index (χ0) is 17.9. The first-order valence-electron chi connectivity index (χ1n) is 7.35. The van der Waals surface area contributed by atoms with Gasteiger partial charge >= 0.3 is 0 Å². The maximum atomic E-state index is 13.8. The molecule has 0 aliphatic rings. The summed E-state index contributed by atoms with van der Waals surface area (Å²) in [7, 11) is 3.10. The summed E-state index contributed by atoms with van der Waals surface area (Å²) in [5, 5.41) is 3.08. The van der Waals surface area contributed by atoms with Crippen molar-refractivity contribution in [2.45, 2.75) is 19.9 Å². The van der Waals surface area contributed by atoms with Crippen LogP contribution in [0, 0.1) is 12.7 Å². The van der Waals surface area contributed by atoms with E-state index in [4.69, 9.17) is 21.1 Å². The highest BCUT2D eigenvalue weighted by Crippen LogP contribution is 2.33. The van der Waals surface area contributed by atoms with Crippen LogP contribution in [0.2, 0.25) is 5.02 Å². The Morgan fingerprint density at radius 2 is 1.79 bits per heavy atom. The van der Waals surface area contributed by atoms with E-state index in [2.05, 4.69) is 5.32 Å². The van der Waals surface area contributed by atoms with Crippen LogP contribution < -0.4 is 14.8 Å². The standard InChI is InChI=1S/C18H19ClFNO3/c1-10-7-16(23-3)17(24-4)9-13(10)11(2)21-18(22)14-8-12(19)5-6-15(14)20/h5-9,11H,1-4H3,(H,21,22)/t11-/m0/s1. The van der Waals surface area contributed by atoms with Gasteiger partial charge in [0.05, 0.1) is 25.8 Å². The lowest BCUT2D eigenvalue weighted by Crippen LogP contribution is -2.28. The first kappa shape index (κ1) is 18.1. The van der Waals surface area contributed by atoms with Crippen molar-refractivity contribution in [3.05, 3.63) is 57.9 Å². The monoisotopic (exact) mass is 351 g/mol. The van der Waals surface area contributed by atoms with Gasteiger partial charge in [-0.2, -0.15) is 0 Å². The van der Waals surface area contributed by atoms with Gasteiger partial charge in [0.2, 0.25) is 0 Å². The van der Waals surface area contributed by atoms with Gasteiger partial charge in [-0.1, -0.05) is 11.6 Å². The van der Waals surface area contributed by atoms with E-state index in [1.807, 2.05) is 19.9 Å². The zero-order valence-corrected chi connectivity index (χ0v) is 14.7. The second-order valence-electron chi connectivity index (χ2n) is 5.38. The Hall–Kier alpha value is -2.27. The van der Waals surface area contributed by atoms with E-state index >= 15 is 0 Å². The minimum atomic E-state index is -0.617. The maximum Gasteiger partial charge on any atom is 0.254 e. The Bertz CT molecular complexity index is 764. The fourth-order valence-corrected chi connectivity index (χ4v) is 2.66. The number of rotatable bonds is 5. The van der Waals surface area contributed by atoms with Crippen molar-refractivity contribution < 1.29 is 18.7 Å². The summed E-state index contributed by atoms with van der Waals surface area (Å²) in [5.74, 6) is 0.0242. The van der Waals surface area contributed by atoms with Crippen LogP contribution in [-0.4, -0.2) is 20.1 Å². The molecule has 1 atom stereocenters. The van der Waals surface area contributed by atoms with Gasteiger partial charge in [-0.25, -0.2) is 4.39 Å². The summed E-state index contributed by atoms with van der Waals surface area (Å²) < 4.78 is 24.4. The molecule has 4 nitrogen and oxygen atoms in total. The number of methoxy groups -OCH3 is 2. The third kappa shape index (κ3) is 3.79. The predicted molar refractivity (Wildman–Crippen MR) is 91.6 cm³/mol.